The van der Waals surface area contributed by atoms with Crippen molar-refractivity contribution in [2.45, 2.75) is 19.8 Å². The third-order valence-corrected chi connectivity index (χ3v) is 2.96. The Morgan fingerprint density at radius 2 is 2.26 bits per heavy atom. The molecule has 0 radical (unpaired) electrons. The number of carbonyl (C=O) groups excluding carboxylic acids is 1. The summed E-state index contributed by atoms with van der Waals surface area (Å²) in [6.45, 7) is 2.98. The number of ether oxygens (including phenoxy) is 2. The van der Waals surface area contributed by atoms with Gasteiger partial charge < -0.3 is 20.5 Å². The smallest absolute Gasteiger partial charge is 0.344 e. The Morgan fingerprint density at radius 1 is 1.47 bits per heavy atom. The van der Waals surface area contributed by atoms with Crippen molar-refractivity contribution in [2.75, 3.05) is 30.8 Å². The summed E-state index contributed by atoms with van der Waals surface area (Å²) in [5.41, 5.74) is 7.43. The van der Waals surface area contributed by atoms with Crippen LogP contribution < -0.4 is 15.8 Å². The van der Waals surface area contributed by atoms with E-state index in [9.17, 15) is 4.79 Å². The van der Waals surface area contributed by atoms with Crippen LogP contribution >= 0.6 is 0 Å². The van der Waals surface area contributed by atoms with Gasteiger partial charge in [0, 0.05) is 12.6 Å². The summed E-state index contributed by atoms with van der Waals surface area (Å²) in [6.07, 6.45) is 2.57. The molecule has 104 valence electrons. The molecule has 0 amide bonds. The molecule has 3 N–H and O–H groups in total. The van der Waals surface area contributed by atoms with Crippen LogP contribution in [0.2, 0.25) is 0 Å². The maximum absolute atomic E-state index is 11.2. The number of anilines is 2. The van der Waals surface area contributed by atoms with Gasteiger partial charge in [0.2, 0.25) is 0 Å². The first kappa shape index (κ1) is 13.5. The molecule has 0 spiro atoms. The predicted octanol–water partition coefficient (Wildman–Crippen LogP) is 2.03. The summed E-state index contributed by atoms with van der Waals surface area (Å²) in [6, 6.07) is 5.34. The number of benzene rings is 1. The van der Waals surface area contributed by atoms with Gasteiger partial charge in [-0.2, -0.15) is 0 Å². The Balaban J connectivity index is 1.89. The van der Waals surface area contributed by atoms with Crippen LogP contribution in [0.4, 0.5) is 11.4 Å². The van der Waals surface area contributed by atoms with Crippen molar-refractivity contribution in [2.24, 2.45) is 5.92 Å². The van der Waals surface area contributed by atoms with E-state index in [2.05, 4.69) is 5.32 Å². The highest BCUT2D eigenvalue weighted by Crippen LogP contribution is 2.31. The zero-order chi connectivity index (χ0) is 13.7. The fourth-order valence-electron chi connectivity index (χ4n) is 1.70. The largest absolute Gasteiger partial charge is 0.482 e. The highest BCUT2D eigenvalue weighted by atomic mass is 16.6. The van der Waals surface area contributed by atoms with Crippen molar-refractivity contribution in [3.63, 3.8) is 0 Å². The third-order valence-electron chi connectivity index (χ3n) is 2.96. The van der Waals surface area contributed by atoms with Crippen molar-refractivity contribution in [3.05, 3.63) is 18.2 Å². The average Bonchev–Trinajstić information content (AvgIpc) is 3.21. The first-order valence-corrected chi connectivity index (χ1v) is 6.61. The maximum Gasteiger partial charge on any atom is 0.344 e. The Hall–Kier alpha value is -1.91. The molecule has 1 fully saturated rings. The van der Waals surface area contributed by atoms with E-state index in [1.807, 2.05) is 6.07 Å². The number of rotatable bonds is 7. The fraction of sp³-hybridized carbons (Fsp3) is 0.500. The standard InChI is InChI=1S/C14H20N2O3/c1-2-18-14(17)9-19-11-5-6-12(15)13(7-11)16-8-10-3-4-10/h5-7,10,16H,2-4,8-9,15H2,1H3. The lowest BCUT2D eigenvalue weighted by molar-refractivity contribution is -0.145. The number of esters is 1. The fourth-order valence-corrected chi connectivity index (χ4v) is 1.70. The molecule has 19 heavy (non-hydrogen) atoms. The van der Waals surface area contributed by atoms with Crippen LogP contribution in [0.5, 0.6) is 5.75 Å². The molecule has 0 atom stereocenters. The first-order valence-electron chi connectivity index (χ1n) is 6.61. The number of carbonyl (C=O) groups is 1. The van der Waals surface area contributed by atoms with Gasteiger partial charge in [-0.3, -0.25) is 0 Å². The molecule has 5 nitrogen and oxygen atoms in total. The lowest BCUT2D eigenvalue weighted by atomic mass is 10.2. The van der Waals surface area contributed by atoms with E-state index >= 15 is 0 Å². The van der Waals surface area contributed by atoms with Gasteiger partial charge in [-0.25, -0.2) is 4.79 Å². The summed E-state index contributed by atoms with van der Waals surface area (Å²) >= 11 is 0. The maximum atomic E-state index is 11.2. The number of hydrogen-bond acceptors (Lipinski definition) is 5. The van der Waals surface area contributed by atoms with Gasteiger partial charge >= 0.3 is 5.97 Å². The van der Waals surface area contributed by atoms with Crippen molar-refractivity contribution in [3.8, 4) is 5.75 Å². The molecule has 0 heterocycles. The van der Waals surface area contributed by atoms with Crippen LogP contribution in [0, 0.1) is 5.92 Å². The molecule has 1 aromatic rings. The van der Waals surface area contributed by atoms with E-state index in [-0.39, 0.29) is 12.6 Å². The van der Waals surface area contributed by atoms with E-state index in [1.165, 1.54) is 12.8 Å². The minimum absolute atomic E-state index is 0.0835. The molecule has 0 saturated heterocycles. The molecule has 0 aliphatic heterocycles. The lowest BCUT2D eigenvalue weighted by Crippen LogP contribution is -2.14. The summed E-state index contributed by atoms with van der Waals surface area (Å²) in [7, 11) is 0. The van der Waals surface area contributed by atoms with E-state index in [0.717, 1.165) is 18.2 Å². The van der Waals surface area contributed by atoms with E-state index in [4.69, 9.17) is 15.2 Å². The Labute approximate surface area is 113 Å². The van der Waals surface area contributed by atoms with Crippen LogP contribution in [0.25, 0.3) is 0 Å². The predicted molar refractivity (Wildman–Crippen MR) is 74.2 cm³/mol. The SMILES string of the molecule is CCOC(=O)COc1ccc(N)c(NCC2CC2)c1. The molecule has 2 rings (SSSR count). The zero-order valence-electron chi connectivity index (χ0n) is 11.1. The van der Waals surface area contributed by atoms with Gasteiger partial charge in [0.25, 0.3) is 0 Å². The van der Waals surface area contributed by atoms with Crippen molar-refractivity contribution in [1.29, 1.82) is 0 Å². The molecular weight excluding hydrogens is 244 g/mol. The second kappa shape index (κ2) is 6.31. The summed E-state index contributed by atoms with van der Waals surface area (Å²) < 4.78 is 10.2. The van der Waals surface area contributed by atoms with Crippen molar-refractivity contribution in [1.82, 2.24) is 0 Å². The Bertz CT molecular complexity index is 444. The number of hydrogen-bond donors (Lipinski definition) is 2. The molecule has 1 saturated carbocycles. The van der Waals surface area contributed by atoms with E-state index < -0.39 is 0 Å². The second-order valence-corrected chi connectivity index (χ2v) is 4.67. The molecule has 0 bridgehead atoms. The number of nitrogens with one attached hydrogen (secondary N) is 1. The van der Waals surface area contributed by atoms with Crippen LogP contribution in [-0.2, 0) is 9.53 Å². The van der Waals surface area contributed by atoms with Gasteiger partial charge in [0.05, 0.1) is 18.0 Å². The highest BCUT2D eigenvalue weighted by molar-refractivity contribution is 5.72. The van der Waals surface area contributed by atoms with Crippen molar-refractivity contribution >= 4 is 17.3 Å². The van der Waals surface area contributed by atoms with Crippen LogP contribution in [-0.4, -0.2) is 25.7 Å². The van der Waals surface area contributed by atoms with Crippen LogP contribution in [0.3, 0.4) is 0 Å². The van der Waals surface area contributed by atoms with Gasteiger partial charge in [0.15, 0.2) is 6.61 Å². The highest BCUT2D eigenvalue weighted by Gasteiger charge is 2.20. The van der Waals surface area contributed by atoms with Gasteiger partial charge in [0.1, 0.15) is 5.75 Å². The quantitative estimate of drug-likeness (QED) is 0.582. The molecule has 5 heteroatoms. The van der Waals surface area contributed by atoms with Gasteiger partial charge in [-0.05, 0) is 37.8 Å². The minimum atomic E-state index is -0.369. The summed E-state index contributed by atoms with van der Waals surface area (Å²) in [5, 5.41) is 3.31. The van der Waals surface area contributed by atoms with Crippen LogP contribution in [0.15, 0.2) is 18.2 Å². The molecule has 1 aliphatic rings. The van der Waals surface area contributed by atoms with Gasteiger partial charge in [-0.15, -0.1) is 0 Å². The second-order valence-electron chi connectivity index (χ2n) is 4.67. The topological polar surface area (TPSA) is 73.6 Å². The normalized spacial score (nSPS) is 13.9. The van der Waals surface area contributed by atoms with Crippen molar-refractivity contribution < 1.29 is 14.3 Å². The Kier molecular flexibility index (Phi) is 4.49. The zero-order valence-corrected chi connectivity index (χ0v) is 11.1. The molecule has 0 aromatic heterocycles. The summed E-state index contributed by atoms with van der Waals surface area (Å²) in [4.78, 5) is 11.2. The van der Waals surface area contributed by atoms with E-state index in [1.54, 1.807) is 19.1 Å². The monoisotopic (exact) mass is 264 g/mol. The molecule has 0 unspecified atom stereocenters. The molecular formula is C14H20N2O3. The van der Waals surface area contributed by atoms with E-state index in [0.29, 0.717) is 18.0 Å². The van der Waals surface area contributed by atoms with Gasteiger partial charge in [-0.1, -0.05) is 0 Å². The summed E-state index contributed by atoms with van der Waals surface area (Å²) in [5.74, 6) is 1.01. The molecule has 1 aliphatic carbocycles. The van der Waals surface area contributed by atoms with Crippen LogP contribution in [0.1, 0.15) is 19.8 Å². The molecule has 1 aromatic carbocycles. The minimum Gasteiger partial charge on any atom is -0.482 e. The Morgan fingerprint density at radius 3 is 2.95 bits per heavy atom. The number of nitrogen functional groups attached to an aromatic ring is 1. The first-order chi connectivity index (χ1) is 9.19. The average molecular weight is 264 g/mol. The third kappa shape index (κ3) is 4.35. The number of nitrogens with two attached hydrogens (primary N) is 1. The lowest BCUT2D eigenvalue weighted by Gasteiger charge is -2.11.